The van der Waals surface area contributed by atoms with Gasteiger partial charge in [-0.15, -0.1) is 22.7 Å². The maximum Gasteiger partial charge on any atom is 0.268 e. The predicted octanol–water partition coefficient (Wildman–Crippen LogP) is 7.62. The Bertz CT molecular complexity index is 1930. The summed E-state index contributed by atoms with van der Waals surface area (Å²) < 4.78 is 2.52. The Hall–Kier alpha value is -4.23. The molecule has 1 N–H and O–H groups in total. The van der Waals surface area contributed by atoms with E-state index in [1.54, 1.807) is 4.57 Å². The van der Waals surface area contributed by atoms with E-state index in [9.17, 15) is 15.2 Å². The number of nitriles is 1. The molecule has 0 atom stereocenters. The van der Waals surface area contributed by atoms with E-state index in [4.69, 9.17) is 4.98 Å². The lowest BCUT2D eigenvalue weighted by Gasteiger charge is -2.13. The fraction of sp³-hybridized carbons (Fsp3) is 0.0667. The molecule has 190 valence electrons. The van der Waals surface area contributed by atoms with Gasteiger partial charge in [-0.3, -0.25) is 9.36 Å². The van der Waals surface area contributed by atoms with Crippen molar-refractivity contribution < 1.29 is 5.11 Å². The van der Waals surface area contributed by atoms with Crippen LogP contribution < -0.4 is 5.56 Å². The second-order valence-electron chi connectivity index (χ2n) is 8.66. The standard InChI is InChI=1S/C30H20N4O2S3/c1-18-25(19-10-4-2-5-11-19)26-28(38-18)33-30(34(29(26)36)20-12-6-3-7-13-20)37-17-23(35)21(16-31)27-32-22-14-8-9-15-24(22)39-27/h2-15,35H,17H2,1H3/b23-21-. The van der Waals surface area contributed by atoms with E-state index >= 15 is 0 Å². The Kier molecular flexibility index (Phi) is 6.75. The summed E-state index contributed by atoms with van der Waals surface area (Å²) in [5.74, 6) is -0.0534. The second-order valence-corrected chi connectivity index (χ2v) is 11.8. The number of fused-ring (bicyclic) bond motifs is 2. The number of thiophene rings is 1. The number of nitrogens with zero attached hydrogens (tertiary/aromatic N) is 4. The molecule has 0 saturated heterocycles. The predicted molar refractivity (Wildman–Crippen MR) is 161 cm³/mol. The van der Waals surface area contributed by atoms with E-state index in [1.165, 1.54) is 34.4 Å². The molecule has 0 aliphatic heterocycles. The molecule has 3 aromatic heterocycles. The first kappa shape index (κ1) is 25.1. The summed E-state index contributed by atoms with van der Waals surface area (Å²) in [5.41, 5.74) is 3.26. The van der Waals surface area contributed by atoms with Crippen LogP contribution in [0.4, 0.5) is 0 Å². The van der Waals surface area contributed by atoms with E-state index < -0.39 is 0 Å². The summed E-state index contributed by atoms with van der Waals surface area (Å²) in [6.07, 6.45) is 0. The molecule has 0 aliphatic carbocycles. The van der Waals surface area contributed by atoms with E-state index in [-0.39, 0.29) is 22.6 Å². The molecule has 6 aromatic rings. The fourth-order valence-corrected chi connectivity index (χ4v) is 7.38. The molecule has 9 heteroatoms. The number of thioether (sulfide) groups is 1. The van der Waals surface area contributed by atoms with Gasteiger partial charge in [0.1, 0.15) is 27.2 Å². The molecule has 0 radical (unpaired) electrons. The molecule has 6 nitrogen and oxygen atoms in total. The molecule has 0 bridgehead atoms. The highest BCUT2D eigenvalue weighted by atomic mass is 32.2. The van der Waals surface area contributed by atoms with Crippen molar-refractivity contribution in [3.05, 3.63) is 111 Å². The quantitative estimate of drug-likeness (QED) is 0.0968. The minimum Gasteiger partial charge on any atom is -0.510 e. The summed E-state index contributed by atoms with van der Waals surface area (Å²) >= 11 is 4.05. The van der Waals surface area contributed by atoms with E-state index in [2.05, 4.69) is 11.1 Å². The highest BCUT2D eigenvalue weighted by molar-refractivity contribution is 7.99. The summed E-state index contributed by atoms with van der Waals surface area (Å²) in [4.78, 5) is 25.2. The number of aliphatic hydroxyl groups is 1. The van der Waals surface area contributed by atoms with Crippen molar-refractivity contribution >= 4 is 60.4 Å². The first-order valence-electron chi connectivity index (χ1n) is 12.0. The van der Waals surface area contributed by atoms with Crippen molar-refractivity contribution in [1.82, 2.24) is 14.5 Å². The van der Waals surface area contributed by atoms with Crippen molar-refractivity contribution in [1.29, 1.82) is 5.26 Å². The minimum absolute atomic E-state index is 0.0551. The number of aromatic nitrogens is 3. The molecule has 0 fully saturated rings. The number of aryl methyl sites for hydroxylation is 1. The highest BCUT2D eigenvalue weighted by Crippen LogP contribution is 2.37. The van der Waals surface area contributed by atoms with Gasteiger partial charge in [0.15, 0.2) is 5.16 Å². The Morgan fingerprint density at radius 3 is 2.38 bits per heavy atom. The zero-order valence-electron chi connectivity index (χ0n) is 20.7. The molecular weight excluding hydrogens is 545 g/mol. The van der Waals surface area contributed by atoms with Crippen molar-refractivity contribution in [3.63, 3.8) is 0 Å². The minimum atomic E-state index is -0.174. The van der Waals surface area contributed by atoms with Gasteiger partial charge >= 0.3 is 0 Å². The van der Waals surface area contributed by atoms with Crippen molar-refractivity contribution in [3.8, 4) is 22.9 Å². The topological polar surface area (TPSA) is 91.8 Å². The summed E-state index contributed by atoms with van der Waals surface area (Å²) in [7, 11) is 0. The SMILES string of the molecule is Cc1sc2nc(SC/C(O)=C(\C#N)c3nc4ccccc4s3)n(-c3ccccc3)c(=O)c2c1-c1ccccc1. The number of benzene rings is 3. The smallest absolute Gasteiger partial charge is 0.268 e. The van der Waals surface area contributed by atoms with E-state index in [1.807, 2.05) is 91.9 Å². The van der Waals surface area contributed by atoms with Gasteiger partial charge in [-0.05, 0) is 36.8 Å². The number of hydrogen-bond donors (Lipinski definition) is 1. The number of thiazole rings is 1. The molecular formula is C30H20N4O2S3. The Morgan fingerprint density at radius 2 is 1.67 bits per heavy atom. The number of hydrogen-bond acceptors (Lipinski definition) is 8. The van der Waals surface area contributed by atoms with Crippen LogP contribution in [-0.4, -0.2) is 25.4 Å². The lowest BCUT2D eigenvalue weighted by molar-refractivity contribution is 0.420. The molecule has 0 aliphatic rings. The van der Waals surface area contributed by atoms with Crippen LogP contribution in [0.25, 0.3) is 42.8 Å². The van der Waals surface area contributed by atoms with Crippen molar-refractivity contribution in [2.75, 3.05) is 5.75 Å². The summed E-state index contributed by atoms with van der Waals surface area (Å²) in [5, 5.41) is 22.3. The third-order valence-corrected chi connectivity index (χ3v) is 9.20. The van der Waals surface area contributed by atoms with Crippen molar-refractivity contribution in [2.24, 2.45) is 0 Å². The molecule has 0 unspecified atom stereocenters. The van der Waals surface area contributed by atoms with Crippen LogP contribution in [-0.2, 0) is 0 Å². The Morgan fingerprint density at radius 1 is 0.974 bits per heavy atom. The van der Waals surface area contributed by atoms with Gasteiger partial charge in [-0.2, -0.15) is 5.26 Å². The number of rotatable bonds is 6. The third-order valence-electron chi connectivity index (χ3n) is 6.19. The number of para-hydroxylation sites is 2. The van der Waals surface area contributed by atoms with Crippen LogP contribution in [0.15, 0.2) is 101 Å². The van der Waals surface area contributed by atoms with E-state index in [0.29, 0.717) is 26.1 Å². The normalized spacial score (nSPS) is 12.0. The van der Waals surface area contributed by atoms with Crippen LogP contribution in [0, 0.1) is 18.3 Å². The lowest BCUT2D eigenvalue weighted by Crippen LogP contribution is -2.21. The molecule has 3 heterocycles. The zero-order valence-corrected chi connectivity index (χ0v) is 23.1. The first-order chi connectivity index (χ1) is 19.0. The first-order valence-corrected chi connectivity index (χ1v) is 14.6. The maximum absolute atomic E-state index is 14.1. The maximum atomic E-state index is 14.1. The average molecular weight is 565 g/mol. The van der Waals surface area contributed by atoms with E-state index in [0.717, 1.165) is 26.2 Å². The largest absolute Gasteiger partial charge is 0.510 e. The third kappa shape index (κ3) is 4.63. The fourth-order valence-electron chi connectivity index (χ4n) is 4.42. The van der Waals surface area contributed by atoms with Crippen LogP contribution in [0.3, 0.4) is 0 Å². The molecule has 3 aromatic carbocycles. The van der Waals surface area contributed by atoms with Gasteiger partial charge in [0.2, 0.25) is 0 Å². The van der Waals surface area contributed by atoms with Crippen LogP contribution >= 0.6 is 34.4 Å². The molecule has 0 amide bonds. The summed E-state index contributed by atoms with van der Waals surface area (Å²) in [6, 6.07) is 28.9. The van der Waals surface area contributed by atoms with Crippen LogP contribution in [0.5, 0.6) is 0 Å². The summed E-state index contributed by atoms with van der Waals surface area (Å²) in [6.45, 7) is 2.00. The second kappa shape index (κ2) is 10.5. The monoisotopic (exact) mass is 564 g/mol. The highest BCUT2D eigenvalue weighted by Gasteiger charge is 2.22. The van der Waals surface area contributed by atoms with Crippen molar-refractivity contribution in [2.45, 2.75) is 12.1 Å². The molecule has 6 rings (SSSR count). The number of aliphatic hydroxyl groups excluding tert-OH is 1. The average Bonchev–Trinajstić information content (AvgIpc) is 3.53. The molecule has 0 saturated carbocycles. The van der Waals surface area contributed by atoms with Gasteiger partial charge in [0.25, 0.3) is 5.56 Å². The van der Waals surface area contributed by atoms with Gasteiger partial charge < -0.3 is 5.11 Å². The zero-order chi connectivity index (χ0) is 26.9. The van der Waals surface area contributed by atoms with Gasteiger partial charge in [-0.1, -0.05) is 72.4 Å². The Labute approximate surface area is 236 Å². The van der Waals surface area contributed by atoms with Crippen LogP contribution in [0.1, 0.15) is 9.88 Å². The van der Waals surface area contributed by atoms with Gasteiger partial charge in [0.05, 0.1) is 27.0 Å². The van der Waals surface area contributed by atoms with Gasteiger partial charge in [0, 0.05) is 10.4 Å². The number of allylic oxidation sites excluding steroid dienone is 1. The Balaban J connectivity index is 1.46. The lowest BCUT2D eigenvalue weighted by atomic mass is 10.0. The van der Waals surface area contributed by atoms with Gasteiger partial charge in [-0.25, -0.2) is 9.97 Å². The molecule has 39 heavy (non-hydrogen) atoms. The van der Waals surface area contributed by atoms with Crippen LogP contribution in [0.2, 0.25) is 0 Å². The molecule has 0 spiro atoms.